The van der Waals surface area contributed by atoms with E-state index in [4.69, 9.17) is 9.15 Å². The Hall–Kier alpha value is -1.85. The minimum absolute atomic E-state index is 0.124. The van der Waals surface area contributed by atoms with Crippen LogP contribution in [0.3, 0.4) is 0 Å². The molecule has 2 heterocycles. The molecule has 0 unspecified atom stereocenters. The SMILES string of the molecule is CO[C@H]1C[C@@H](CN(C)C(=O)Cc2c(C)oc3ccccc23)N(C)C1. The van der Waals surface area contributed by atoms with Gasteiger partial charge in [-0.05, 0) is 26.5 Å². The molecule has 0 spiro atoms. The third-order valence-corrected chi connectivity index (χ3v) is 5.12. The molecular weight excluding hydrogens is 304 g/mol. The van der Waals surface area contributed by atoms with E-state index >= 15 is 0 Å². The van der Waals surface area contributed by atoms with Crippen molar-refractivity contribution < 1.29 is 13.9 Å². The summed E-state index contributed by atoms with van der Waals surface area (Å²) in [7, 11) is 5.73. The number of nitrogens with zero attached hydrogens (tertiary/aromatic N) is 2. The fourth-order valence-corrected chi connectivity index (χ4v) is 3.56. The number of fused-ring (bicyclic) bond motifs is 1. The molecule has 2 aromatic rings. The number of ether oxygens (including phenoxy) is 1. The first-order valence-corrected chi connectivity index (χ1v) is 8.43. The van der Waals surface area contributed by atoms with Crippen molar-refractivity contribution in [2.24, 2.45) is 0 Å². The Kier molecular flexibility index (Phi) is 4.92. The van der Waals surface area contributed by atoms with E-state index in [1.54, 1.807) is 7.11 Å². The second-order valence-electron chi connectivity index (χ2n) is 6.77. The van der Waals surface area contributed by atoms with Gasteiger partial charge in [-0.25, -0.2) is 0 Å². The summed E-state index contributed by atoms with van der Waals surface area (Å²) in [4.78, 5) is 16.8. The maximum Gasteiger partial charge on any atom is 0.226 e. The summed E-state index contributed by atoms with van der Waals surface area (Å²) in [5.74, 6) is 0.953. The Morgan fingerprint density at radius 1 is 1.42 bits per heavy atom. The van der Waals surface area contributed by atoms with Gasteiger partial charge in [0.1, 0.15) is 11.3 Å². The second-order valence-corrected chi connectivity index (χ2v) is 6.77. The van der Waals surface area contributed by atoms with Gasteiger partial charge in [-0.2, -0.15) is 0 Å². The molecule has 130 valence electrons. The van der Waals surface area contributed by atoms with Gasteiger partial charge in [0.25, 0.3) is 0 Å². The zero-order chi connectivity index (χ0) is 17.3. The van der Waals surface area contributed by atoms with E-state index in [0.717, 1.165) is 41.8 Å². The monoisotopic (exact) mass is 330 g/mol. The molecule has 5 nitrogen and oxygen atoms in total. The van der Waals surface area contributed by atoms with Gasteiger partial charge in [0.2, 0.25) is 5.91 Å². The third-order valence-electron chi connectivity index (χ3n) is 5.12. The lowest BCUT2D eigenvalue weighted by Crippen LogP contribution is -2.40. The smallest absolute Gasteiger partial charge is 0.226 e. The standard InChI is InChI=1S/C19H26N2O3/c1-13-17(16-7-5-6-8-18(16)24-13)10-19(22)21(3)11-14-9-15(23-4)12-20(14)2/h5-8,14-15H,9-12H2,1-4H3/t14-,15-/m0/s1. The van der Waals surface area contributed by atoms with Gasteiger partial charge in [-0.15, -0.1) is 0 Å². The first-order chi connectivity index (χ1) is 11.5. The van der Waals surface area contributed by atoms with Gasteiger partial charge in [0, 0.05) is 44.2 Å². The summed E-state index contributed by atoms with van der Waals surface area (Å²) in [5.41, 5.74) is 1.84. The summed E-state index contributed by atoms with van der Waals surface area (Å²) in [5, 5.41) is 1.04. The first-order valence-electron chi connectivity index (χ1n) is 8.43. The van der Waals surface area contributed by atoms with Crippen molar-refractivity contribution >= 4 is 16.9 Å². The van der Waals surface area contributed by atoms with Gasteiger partial charge < -0.3 is 14.1 Å². The highest BCUT2D eigenvalue weighted by Gasteiger charge is 2.31. The molecular formula is C19H26N2O3. The molecule has 1 fully saturated rings. The lowest BCUT2D eigenvalue weighted by atomic mass is 10.1. The lowest BCUT2D eigenvalue weighted by molar-refractivity contribution is -0.129. The van der Waals surface area contributed by atoms with Gasteiger partial charge in [0.05, 0.1) is 12.5 Å². The second kappa shape index (κ2) is 6.95. The molecule has 1 amide bonds. The molecule has 0 bridgehead atoms. The van der Waals surface area contributed by atoms with Crippen molar-refractivity contribution in [1.82, 2.24) is 9.80 Å². The van der Waals surface area contributed by atoms with Crippen molar-refractivity contribution in [2.75, 3.05) is 34.3 Å². The molecule has 1 saturated heterocycles. The minimum atomic E-state index is 0.124. The summed E-state index contributed by atoms with van der Waals surface area (Å²) in [6, 6.07) is 8.24. The molecule has 24 heavy (non-hydrogen) atoms. The van der Waals surface area contributed by atoms with Crippen molar-refractivity contribution in [3.05, 3.63) is 35.6 Å². The predicted octanol–water partition coefficient (Wildman–Crippen LogP) is 2.46. The number of hydrogen-bond donors (Lipinski definition) is 0. The number of likely N-dealkylation sites (N-methyl/N-ethyl adjacent to an activating group) is 2. The maximum atomic E-state index is 12.7. The first kappa shape index (κ1) is 17.0. The fraction of sp³-hybridized carbons (Fsp3) is 0.526. The molecule has 3 rings (SSSR count). The average molecular weight is 330 g/mol. The molecule has 0 aliphatic carbocycles. The van der Waals surface area contributed by atoms with Gasteiger partial charge >= 0.3 is 0 Å². The van der Waals surface area contributed by atoms with Crippen molar-refractivity contribution in [3.8, 4) is 0 Å². The minimum Gasteiger partial charge on any atom is -0.461 e. The molecule has 0 N–H and O–H groups in total. The summed E-state index contributed by atoms with van der Waals surface area (Å²) in [6.07, 6.45) is 1.62. The Labute approximate surface area is 143 Å². The van der Waals surface area contributed by atoms with E-state index in [-0.39, 0.29) is 12.0 Å². The van der Waals surface area contributed by atoms with E-state index in [2.05, 4.69) is 11.9 Å². The number of likely N-dealkylation sites (tertiary alicyclic amines) is 1. The Balaban J connectivity index is 1.67. The molecule has 1 aliphatic rings. The van der Waals surface area contributed by atoms with Crippen LogP contribution in [0.4, 0.5) is 0 Å². The molecule has 1 aliphatic heterocycles. The lowest BCUT2D eigenvalue weighted by Gasteiger charge is -2.25. The predicted molar refractivity (Wildman–Crippen MR) is 94.1 cm³/mol. The number of rotatable bonds is 5. The number of aryl methyl sites for hydroxylation is 1. The van der Waals surface area contributed by atoms with E-state index in [9.17, 15) is 4.79 Å². The van der Waals surface area contributed by atoms with Crippen LogP contribution in [0.5, 0.6) is 0 Å². The number of furan rings is 1. The van der Waals surface area contributed by atoms with Crippen LogP contribution in [0.2, 0.25) is 0 Å². The Morgan fingerprint density at radius 3 is 2.88 bits per heavy atom. The van der Waals surface area contributed by atoms with Gasteiger partial charge in [-0.3, -0.25) is 9.69 Å². The zero-order valence-electron chi connectivity index (χ0n) is 14.9. The Morgan fingerprint density at radius 2 is 2.17 bits per heavy atom. The van der Waals surface area contributed by atoms with Crippen LogP contribution in [0.1, 0.15) is 17.7 Å². The van der Waals surface area contributed by atoms with E-state index in [1.807, 2.05) is 43.1 Å². The van der Waals surface area contributed by atoms with Crippen LogP contribution < -0.4 is 0 Å². The van der Waals surface area contributed by atoms with Crippen LogP contribution >= 0.6 is 0 Å². The number of methoxy groups -OCH3 is 1. The van der Waals surface area contributed by atoms with Crippen LogP contribution in [0.25, 0.3) is 11.0 Å². The highest BCUT2D eigenvalue weighted by Crippen LogP contribution is 2.26. The molecule has 0 radical (unpaired) electrons. The number of para-hydroxylation sites is 1. The molecule has 0 saturated carbocycles. The van der Waals surface area contributed by atoms with E-state index in [1.165, 1.54) is 0 Å². The third kappa shape index (κ3) is 3.32. The normalized spacial score (nSPS) is 21.5. The van der Waals surface area contributed by atoms with Crippen LogP contribution in [-0.4, -0.2) is 62.1 Å². The van der Waals surface area contributed by atoms with E-state index < -0.39 is 0 Å². The van der Waals surface area contributed by atoms with Crippen molar-refractivity contribution in [3.63, 3.8) is 0 Å². The largest absolute Gasteiger partial charge is 0.461 e. The van der Waals surface area contributed by atoms with Crippen molar-refractivity contribution in [1.29, 1.82) is 0 Å². The summed E-state index contributed by atoms with van der Waals surface area (Å²) >= 11 is 0. The Bertz CT molecular complexity index is 724. The molecule has 1 aromatic heterocycles. The number of amides is 1. The summed E-state index contributed by atoms with van der Waals surface area (Å²) < 4.78 is 11.2. The van der Waals surface area contributed by atoms with Gasteiger partial charge in [0.15, 0.2) is 0 Å². The number of carbonyl (C=O) groups is 1. The molecule has 2 atom stereocenters. The topological polar surface area (TPSA) is 45.9 Å². The quantitative estimate of drug-likeness (QED) is 0.845. The number of hydrogen-bond acceptors (Lipinski definition) is 4. The van der Waals surface area contributed by atoms with Crippen molar-refractivity contribution in [2.45, 2.75) is 31.9 Å². The summed E-state index contributed by atoms with van der Waals surface area (Å²) in [6.45, 7) is 3.58. The zero-order valence-corrected chi connectivity index (χ0v) is 14.9. The maximum absolute atomic E-state index is 12.7. The number of carbonyl (C=O) groups excluding carboxylic acids is 1. The van der Waals surface area contributed by atoms with Crippen LogP contribution in [0.15, 0.2) is 28.7 Å². The molecule has 5 heteroatoms. The number of benzene rings is 1. The van der Waals surface area contributed by atoms with Crippen LogP contribution in [-0.2, 0) is 16.0 Å². The fourth-order valence-electron chi connectivity index (χ4n) is 3.56. The highest BCUT2D eigenvalue weighted by atomic mass is 16.5. The van der Waals surface area contributed by atoms with Gasteiger partial charge in [-0.1, -0.05) is 18.2 Å². The highest BCUT2D eigenvalue weighted by molar-refractivity contribution is 5.88. The average Bonchev–Trinajstić information content (AvgIpc) is 3.07. The van der Waals surface area contributed by atoms with E-state index in [0.29, 0.717) is 12.5 Å². The molecule has 1 aromatic carbocycles. The van der Waals surface area contributed by atoms with Crippen LogP contribution in [0, 0.1) is 6.92 Å².